The highest BCUT2D eigenvalue weighted by Gasteiger charge is 2.30. The van der Waals surface area contributed by atoms with Crippen LogP contribution in [0.4, 0.5) is 13.2 Å². The average molecular weight is 522 g/mol. The summed E-state index contributed by atoms with van der Waals surface area (Å²) in [6, 6.07) is 6.94. The average Bonchev–Trinajstić information content (AvgIpc) is 3.23. The Bertz CT molecular complexity index is 1070. The Labute approximate surface area is 215 Å². The van der Waals surface area contributed by atoms with Crippen LogP contribution in [0.2, 0.25) is 0 Å². The summed E-state index contributed by atoms with van der Waals surface area (Å²) in [4.78, 5) is 19.0. The molecule has 5 N–H and O–H groups in total. The Kier molecular flexibility index (Phi) is 11.3. The number of halogens is 3. The molecule has 2 heterocycles. The molecular weight excluding hydrogens is 487 g/mol. The number of hydrogen-bond acceptors (Lipinski definition) is 6. The summed E-state index contributed by atoms with van der Waals surface area (Å²) in [5, 5.41) is 3.41. The molecule has 0 spiro atoms. The highest BCUT2D eigenvalue weighted by atomic mass is 32.2. The van der Waals surface area contributed by atoms with Crippen molar-refractivity contribution < 1.29 is 18.0 Å². The first-order chi connectivity index (χ1) is 17.1. The van der Waals surface area contributed by atoms with Gasteiger partial charge in [-0.2, -0.15) is 13.2 Å². The van der Waals surface area contributed by atoms with Crippen LogP contribution in [-0.4, -0.2) is 28.1 Å². The first kappa shape index (κ1) is 29.3. The van der Waals surface area contributed by atoms with Gasteiger partial charge in [-0.15, -0.1) is 11.8 Å². The zero-order valence-corrected chi connectivity index (χ0v) is 21.7. The summed E-state index contributed by atoms with van der Waals surface area (Å²) in [7, 11) is 0. The molecule has 6 nitrogen and oxygen atoms in total. The molecule has 0 saturated carbocycles. The van der Waals surface area contributed by atoms with Crippen molar-refractivity contribution in [3.63, 3.8) is 0 Å². The molecule has 1 aromatic heterocycles. The summed E-state index contributed by atoms with van der Waals surface area (Å²) >= 11 is 1.50. The number of aromatic nitrogens is 1. The normalized spacial score (nSPS) is 14.2. The van der Waals surface area contributed by atoms with Gasteiger partial charge in [0.15, 0.2) is 0 Å². The van der Waals surface area contributed by atoms with Gasteiger partial charge in [0.25, 0.3) is 5.91 Å². The largest absolute Gasteiger partial charge is 0.416 e. The molecule has 0 aliphatic carbocycles. The molecule has 1 amide bonds. The van der Waals surface area contributed by atoms with Crippen molar-refractivity contribution >= 4 is 17.7 Å². The highest BCUT2D eigenvalue weighted by Crippen LogP contribution is 2.30. The van der Waals surface area contributed by atoms with Gasteiger partial charge in [0, 0.05) is 31.5 Å². The van der Waals surface area contributed by atoms with Gasteiger partial charge in [0.1, 0.15) is 0 Å². The van der Waals surface area contributed by atoms with Gasteiger partial charge in [-0.1, -0.05) is 39.3 Å². The molecule has 0 unspecified atom stereocenters. The van der Waals surface area contributed by atoms with Gasteiger partial charge < -0.3 is 16.8 Å². The number of nitrogens with zero attached hydrogens (tertiary/aromatic N) is 2. The van der Waals surface area contributed by atoms with Crippen LogP contribution in [0, 0.1) is 0 Å². The van der Waals surface area contributed by atoms with Crippen molar-refractivity contribution in [2.24, 2.45) is 11.5 Å². The number of amides is 1. The van der Waals surface area contributed by atoms with E-state index >= 15 is 0 Å². The van der Waals surface area contributed by atoms with E-state index in [1.54, 1.807) is 18.2 Å². The fourth-order valence-electron chi connectivity index (χ4n) is 3.37. The van der Waals surface area contributed by atoms with Crippen molar-refractivity contribution in [3.05, 3.63) is 87.4 Å². The second kappa shape index (κ2) is 13.9. The number of benzene rings is 1. The van der Waals surface area contributed by atoms with Crippen molar-refractivity contribution in [2.45, 2.75) is 53.0 Å². The minimum absolute atomic E-state index is 0.177. The molecule has 0 bridgehead atoms. The third-order valence-corrected chi connectivity index (χ3v) is 5.76. The molecule has 2 aromatic rings. The molecule has 0 fully saturated rings. The van der Waals surface area contributed by atoms with E-state index in [4.69, 9.17) is 11.5 Å². The maximum Gasteiger partial charge on any atom is 0.416 e. The monoisotopic (exact) mass is 521 g/mol. The second-order valence-corrected chi connectivity index (χ2v) is 9.64. The van der Waals surface area contributed by atoms with E-state index in [2.05, 4.69) is 29.0 Å². The molecule has 3 rings (SSSR count). The van der Waals surface area contributed by atoms with Crippen molar-refractivity contribution in [1.82, 2.24) is 15.2 Å². The second-order valence-electron chi connectivity index (χ2n) is 8.30. The predicted molar refractivity (Wildman–Crippen MR) is 140 cm³/mol. The predicted octanol–water partition coefficient (Wildman–Crippen LogP) is 5.16. The molecule has 0 saturated heterocycles. The van der Waals surface area contributed by atoms with Crippen LogP contribution < -0.4 is 16.8 Å². The Morgan fingerprint density at radius 2 is 1.81 bits per heavy atom. The smallest absolute Gasteiger partial charge is 0.401 e. The third-order valence-electron chi connectivity index (χ3n) is 5.00. The maximum absolute atomic E-state index is 12.7. The van der Waals surface area contributed by atoms with Gasteiger partial charge in [-0.05, 0) is 47.2 Å². The van der Waals surface area contributed by atoms with Gasteiger partial charge in [0.05, 0.1) is 28.4 Å². The molecule has 1 aliphatic heterocycles. The third kappa shape index (κ3) is 9.23. The first-order valence-electron chi connectivity index (χ1n) is 11.8. The SMILES string of the molecule is CCC.CCS/C(N)=C/C=C(\N)CNC(=O)c1cnc2c(c1)CN(Cc1ccc(C(F)(F)F)cc1)C2. The summed E-state index contributed by atoms with van der Waals surface area (Å²) in [6.07, 6.45) is 1.80. The van der Waals surface area contributed by atoms with E-state index in [1.165, 1.54) is 36.5 Å². The van der Waals surface area contributed by atoms with Crippen molar-refractivity contribution in [1.29, 1.82) is 0 Å². The molecule has 196 valence electrons. The Morgan fingerprint density at radius 1 is 1.14 bits per heavy atom. The number of carbonyl (C=O) groups excluding carboxylic acids is 1. The lowest BCUT2D eigenvalue weighted by molar-refractivity contribution is -0.137. The molecule has 36 heavy (non-hydrogen) atoms. The van der Waals surface area contributed by atoms with Gasteiger partial charge >= 0.3 is 6.18 Å². The van der Waals surface area contributed by atoms with Crippen LogP contribution in [-0.2, 0) is 25.8 Å². The van der Waals surface area contributed by atoms with Crippen molar-refractivity contribution in [3.8, 4) is 0 Å². The fraction of sp³-hybridized carbons (Fsp3) is 0.385. The Hall–Kier alpha value is -2.98. The van der Waals surface area contributed by atoms with E-state index in [-0.39, 0.29) is 12.5 Å². The van der Waals surface area contributed by atoms with E-state index < -0.39 is 11.7 Å². The molecule has 0 radical (unpaired) electrons. The first-order valence-corrected chi connectivity index (χ1v) is 12.7. The van der Waals surface area contributed by atoms with Gasteiger partial charge in [0.2, 0.25) is 0 Å². The quantitative estimate of drug-likeness (QED) is 0.416. The summed E-state index contributed by atoms with van der Waals surface area (Å²) in [5.74, 6) is 0.572. The molecule has 0 atom stereocenters. The number of carbonyl (C=O) groups is 1. The zero-order valence-electron chi connectivity index (χ0n) is 20.9. The molecule has 1 aromatic carbocycles. The number of pyridine rings is 1. The molecular formula is C26H34F3N5OS. The summed E-state index contributed by atoms with van der Waals surface area (Å²) in [6.45, 7) is 8.04. The van der Waals surface area contributed by atoms with E-state index in [0.717, 1.165) is 34.7 Å². The number of hydrogen-bond donors (Lipinski definition) is 3. The van der Waals surface area contributed by atoms with E-state index in [9.17, 15) is 18.0 Å². The summed E-state index contributed by atoms with van der Waals surface area (Å²) < 4.78 is 38.2. The number of nitrogens with two attached hydrogens (primary N) is 2. The standard InChI is InChI=1S/C23H26F3N5OS.C3H8/c1-2-33-21(28)8-7-19(27)11-30-22(32)16-9-17-13-31(14-20(17)29-10-16)12-15-3-5-18(6-4-15)23(24,25)26;1-3-2/h3-10H,2,11-14,27-28H2,1H3,(H,30,32);3H2,1-2H3/b19-7-,21-8+;. The lowest BCUT2D eigenvalue weighted by Gasteiger charge is -2.15. The van der Waals surface area contributed by atoms with Crippen LogP contribution in [0.25, 0.3) is 0 Å². The van der Waals surface area contributed by atoms with Crippen LogP contribution in [0.15, 0.2) is 59.4 Å². The van der Waals surface area contributed by atoms with Crippen molar-refractivity contribution in [2.75, 3.05) is 12.3 Å². The summed E-state index contributed by atoms with van der Waals surface area (Å²) in [5.41, 5.74) is 14.5. The topological polar surface area (TPSA) is 97.3 Å². The van der Waals surface area contributed by atoms with E-state index in [1.807, 2.05) is 6.92 Å². The minimum Gasteiger partial charge on any atom is -0.401 e. The number of thioether (sulfide) groups is 1. The van der Waals surface area contributed by atoms with Gasteiger partial charge in [-0.25, -0.2) is 0 Å². The van der Waals surface area contributed by atoms with Crippen LogP contribution in [0.5, 0.6) is 0 Å². The molecule has 10 heteroatoms. The molecule has 1 aliphatic rings. The fourth-order valence-corrected chi connectivity index (χ4v) is 3.86. The lowest BCUT2D eigenvalue weighted by atomic mass is 10.1. The lowest BCUT2D eigenvalue weighted by Crippen LogP contribution is -2.28. The van der Waals surface area contributed by atoms with Crippen LogP contribution >= 0.6 is 11.8 Å². The van der Waals surface area contributed by atoms with E-state index in [0.29, 0.717) is 35.9 Å². The number of fused-ring (bicyclic) bond motifs is 1. The van der Waals surface area contributed by atoms with Crippen LogP contribution in [0.3, 0.4) is 0 Å². The Balaban J connectivity index is 0.00000145. The Morgan fingerprint density at radius 3 is 2.42 bits per heavy atom. The zero-order chi connectivity index (χ0) is 26.7. The number of allylic oxidation sites excluding steroid dienone is 2. The maximum atomic E-state index is 12.7. The van der Waals surface area contributed by atoms with Gasteiger partial charge in [-0.3, -0.25) is 14.7 Å². The number of nitrogens with one attached hydrogen (secondary N) is 1. The number of rotatable bonds is 8. The minimum atomic E-state index is -4.35. The van der Waals surface area contributed by atoms with Crippen LogP contribution in [0.1, 0.15) is 59.9 Å². The number of alkyl halides is 3. The highest BCUT2D eigenvalue weighted by molar-refractivity contribution is 8.02.